The molecule has 1 saturated carbocycles. The maximum absolute atomic E-state index is 13.1. The van der Waals surface area contributed by atoms with Crippen LogP contribution in [0.25, 0.3) is 5.57 Å². The number of allylic oxidation sites excluding steroid dienone is 1. The second-order valence-corrected chi connectivity index (χ2v) is 11.8. The number of hydrogen-bond donors (Lipinski definition) is 0. The molecular formula is C24H29NO6S. The summed E-state index contributed by atoms with van der Waals surface area (Å²) in [6, 6.07) is 5.21. The van der Waals surface area contributed by atoms with E-state index in [0.29, 0.717) is 35.5 Å². The van der Waals surface area contributed by atoms with Crippen LogP contribution < -0.4 is 0 Å². The SMILES string of the molecule is CC1C=C2C(=O)N(OS(=O)(=O)CC3(C)CCC(CC=O)C3(C)C)C(=O)c3cccc(c32)C1. The molecule has 0 bridgehead atoms. The zero-order chi connectivity index (χ0) is 23.5. The molecule has 0 saturated heterocycles. The van der Waals surface area contributed by atoms with Crippen molar-refractivity contribution in [3.05, 3.63) is 41.0 Å². The Labute approximate surface area is 188 Å². The van der Waals surface area contributed by atoms with Gasteiger partial charge in [-0.05, 0) is 53.6 Å². The van der Waals surface area contributed by atoms with Gasteiger partial charge in [-0.3, -0.25) is 9.59 Å². The summed E-state index contributed by atoms with van der Waals surface area (Å²) >= 11 is 0. The first-order chi connectivity index (χ1) is 14.9. The lowest BCUT2D eigenvalue weighted by atomic mass is 9.66. The molecule has 0 radical (unpaired) electrons. The van der Waals surface area contributed by atoms with Gasteiger partial charge in [-0.15, -0.1) is 9.35 Å². The molecule has 1 aliphatic heterocycles. The molecule has 1 heterocycles. The summed E-state index contributed by atoms with van der Waals surface area (Å²) in [7, 11) is -4.27. The minimum atomic E-state index is -4.27. The van der Waals surface area contributed by atoms with E-state index in [1.165, 1.54) is 0 Å². The van der Waals surface area contributed by atoms with Gasteiger partial charge >= 0.3 is 0 Å². The van der Waals surface area contributed by atoms with Gasteiger partial charge in [0.05, 0.1) is 11.3 Å². The molecule has 0 aromatic heterocycles. The quantitative estimate of drug-likeness (QED) is 0.477. The fourth-order valence-corrected chi connectivity index (χ4v) is 7.29. The average molecular weight is 460 g/mol. The first-order valence-electron chi connectivity index (χ1n) is 11.0. The molecule has 2 aliphatic carbocycles. The Kier molecular flexibility index (Phi) is 5.45. The number of carbonyl (C=O) groups excluding carboxylic acids is 3. The van der Waals surface area contributed by atoms with Crippen molar-refractivity contribution < 1.29 is 27.1 Å². The number of amides is 2. The van der Waals surface area contributed by atoms with E-state index in [1.54, 1.807) is 18.2 Å². The highest BCUT2D eigenvalue weighted by atomic mass is 32.2. The van der Waals surface area contributed by atoms with E-state index in [0.717, 1.165) is 18.3 Å². The van der Waals surface area contributed by atoms with Gasteiger partial charge in [0.15, 0.2) is 0 Å². The molecule has 3 aliphatic rings. The molecule has 8 heteroatoms. The fraction of sp³-hybridized carbons (Fsp3) is 0.542. The van der Waals surface area contributed by atoms with Gasteiger partial charge in [0, 0.05) is 17.6 Å². The molecule has 1 aromatic rings. The Bertz CT molecular complexity index is 1140. The third-order valence-electron chi connectivity index (χ3n) is 7.93. The highest BCUT2D eigenvalue weighted by Crippen LogP contribution is 2.57. The number of rotatable bonds is 6. The average Bonchev–Trinajstić information content (AvgIpc) is 2.91. The third kappa shape index (κ3) is 3.53. The van der Waals surface area contributed by atoms with E-state index in [4.69, 9.17) is 4.28 Å². The minimum Gasteiger partial charge on any atom is -0.303 e. The molecule has 0 spiro atoms. The normalized spacial score (nSPS) is 29.0. The standard InChI is InChI=1S/C24H29NO6S/c1-15-12-16-6-5-7-18-20(16)19(13-15)22(28)25(21(18)27)31-32(29,30)14-24(4)10-8-17(9-11-26)23(24,2)3/h5-7,11,13,15,17H,8-10,12,14H2,1-4H3. The Morgan fingerprint density at radius 3 is 2.59 bits per heavy atom. The van der Waals surface area contributed by atoms with Crippen LogP contribution in [0.2, 0.25) is 0 Å². The van der Waals surface area contributed by atoms with Crippen LogP contribution in [0.15, 0.2) is 24.3 Å². The van der Waals surface area contributed by atoms with Crippen LogP contribution in [0.3, 0.4) is 0 Å². The number of nitrogens with zero attached hydrogens (tertiary/aromatic N) is 1. The van der Waals surface area contributed by atoms with Crippen LogP contribution >= 0.6 is 0 Å². The van der Waals surface area contributed by atoms with Crippen molar-refractivity contribution in [2.45, 2.75) is 53.4 Å². The number of benzene rings is 1. The summed E-state index contributed by atoms with van der Waals surface area (Å²) in [6.07, 6.45) is 5.08. The van der Waals surface area contributed by atoms with Crippen molar-refractivity contribution >= 4 is 33.8 Å². The van der Waals surface area contributed by atoms with Crippen molar-refractivity contribution in [2.24, 2.45) is 22.7 Å². The summed E-state index contributed by atoms with van der Waals surface area (Å²) in [5, 5.41) is 0.402. The minimum absolute atomic E-state index is 0.0673. The summed E-state index contributed by atoms with van der Waals surface area (Å²) in [6.45, 7) is 7.76. The molecule has 32 heavy (non-hydrogen) atoms. The van der Waals surface area contributed by atoms with E-state index in [2.05, 4.69) is 0 Å². The zero-order valence-corrected chi connectivity index (χ0v) is 19.7. The van der Waals surface area contributed by atoms with Crippen molar-refractivity contribution in [1.82, 2.24) is 5.06 Å². The van der Waals surface area contributed by atoms with Crippen molar-refractivity contribution in [1.29, 1.82) is 0 Å². The van der Waals surface area contributed by atoms with Crippen molar-refractivity contribution in [3.63, 3.8) is 0 Å². The lowest BCUT2D eigenvalue weighted by molar-refractivity contribution is -0.141. The van der Waals surface area contributed by atoms with Gasteiger partial charge in [0.2, 0.25) is 0 Å². The number of aldehydes is 1. The molecule has 3 atom stereocenters. The first kappa shape index (κ1) is 22.9. The van der Waals surface area contributed by atoms with Crippen LogP contribution in [-0.2, 0) is 30.4 Å². The summed E-state index contributed by atoms with van der Waals surface area (Å²) in [5.74, 6) is -1.72. The first-order valence-corrected chi connectivity index (χ1v) is 12.6. The van der Waals surface area contributed by atoms with Gasteiger partial charge in [-0.1, -0.05) is 45.9 Å². The summed E-state index contributed by atoms with van der Waals surface area (Å²) in [5.41, 5.74) is 0.974. The number of imide groups is 1. The Balaban J connectivity index is 1.63. The third-order valence-corrected chi connectivity index (χ3v) is 9.29. The predicted molar refractivity (Wildman–Crippen MR) is 119 cm³/mol. The van der Waals surface area contributed by atoms with Crippen LogP contribution in [0, 0.1) is 22.7 Å². The Morgan fingerprint density at radius 2 is 1.91 bits per heavy atom. The maximum Gasteiger partial charge on any atom is 0.289 e. The number of hydroxylamine groups is 2. The van der Waals surface area contributed by atoms with Crippen LogP contribution in [-0.4, -0.2) is 37.3 Å². The lowest BCUT2D eigenvalue weighted by Gasteiger charge is -2.41. The largest absolute Gasteiger partial charge is 0.303 e. The predicted octanol–water partition coefficient (Wildman–Crippen LogP) is 3.54. The Morgan fingerprint density at radius 1 is 1.19 bits per heavy atom. The lowest BCUT2D eigenvalue weighted by Crippen LogP contribution is -2.46. The summed E-state index contributed by atoms with van der Waals surface area (Å²) in [4.78, 5) is 37.2. The smallest absolute Gasteiger partial charge is 0.289 e. The highest BCUT2D eigenvalue weighted by molar-refractivity contribution is 7.86. The van der Waals surface area contributed by atoms with E-state index >= 15 is 0 Å². The topological polar surface area (TPSA) is 97.8 Å². The number of carbonyl (C=O) groups is 3. The molecule has 2 amide bonds. The molecule has 4 rings (SSSR count). The van der Waals surface area contributed by atoms with E-state index in [-0.39, 0.29) is 23.2 Å². The highest BCUT2D eigenvalue weighted by Gasteiger charge is 2.54. The second kappa shape index (κ2) is 7.63. The molecule has 7 nitrogen and oxygen atoms in total. The van der Waals surface area contributed by atoms with Crippen molar-refractivity contribution in [3.8, 4) is 0 Å². The molecule has 0 N–H and O–H groups in total. The van der Waals surface area contributed by atoms with Crippen molar-refractivity contribution in [2.75, 3.05) is 5.75 Å². The van der Waals surface area contributed by atoms with E-state index < -0.39 is 32.8 Å². The number of hydrogen-bond acceptors (Lipinski definition) is 6. The Hall–Kier alpha value is -2.32. The van der Waals surface area contributed by atoms with Crippen LogP contribution in [0.1, 0.15) is 68.4 Å². The molecule has 1 fully saturated rings. The van der Waals surface area contributed by atoms with Gasteiger partial charge in [-0.2, -0.15) is 8.42 Å². The fourth-order valence-electron chi connectivity index (χ4n) is 5.58. The molecule has 172 valence electrons. The van der Waals surface area contributed by atoms with Gasteiger partial charge in [-0.25, -0.2) is 0 Å². The molecule has 1 aromatic carbocycles. The van der Waals surface area contributed by atoms with Gasteiger partial charge < -0.3 is 4.79 Å². The zero-order valence-electron chi connectivity index (χ0n) is 18.9. The second-order valence-electron chi connectivity index (χ2n) is 10.2. The van der Waals surface area contributed by atoms with Crippen LogP contribution in [0.4, 0.5) is 0 Å². The van der Waals surface area contributed by atoms with Crippen LogP contribution in [0.5, 0.6) is 0 Å². The van der Waals surface area contributed by atoms with E-state index in [9.17, 15) is 22.8 Å². The molecule has 3 unspecified atom stereocenters. The van der Waals surface area contributed by atoms with Gasteiger partial charge in [0.1, 0.15) is 6.29 Å². The van der Waals surface area contributed by atoms with Gasteiger partial charge in [0.25, 0.3) is 21.9 Å². The maximum atomic E-state index is 13.1. The molecular weight excluding hydrogens is 430 g/mol. The summed E-state index contributed by atoms with van der Waals surface area (Å²) < 4.78 is 31.4. The van der Waals surface area contributed by atoms with E-state index in [1.807, 2.05) is 33.8 Å². The monoisotopic (exact) mass is 459 g/mol.